The highest BCUT2D eigenvalue weighted by molar-refractivity contribution is 5.79. The molecule has 3 aromatic rings. The maximum atomic E-state index is 5.64. The van der Waals surface area contributed by atoms with Crippen LogP contribution in [0, 0.1) is 6.92 Å². The van der Waals surface area contributed by atoms with Crippen molar-refractivity contribution >= 4 is 5.96 Å². The van der Waals surface area contributed by atoms with E-state index in [2.05, 4.69) is 20.6 Å². The fourth-order valence-electron chi connectivity index (χ4n) is 3.11. The first kappa shape index (κ1) is 23.0. The normalized spacial score (nSPS) is 11.2. The summed E-state index contributed by atoms with van der Waals surface area (Å²) < 4.78 is 21.9. The molecule has 1 aromatic heterocycles. The third-order valence-electron chi connectivity index (χ3n) is 4.83. The molecule has 0 spiro atoms. The molecule has 0 radical (unpaired) electrons. The van der Waals surface area contributed by atoms with Gasteiger partial charge in [0, 0.05) is 23.7 Å². The molecular weight excluding hydrogens is 408 g/mol. The minimum absolute atomic E-state index is 0.395. The van der Waals surface area contributed by atoms with E-state index in [0.29, 0.717) is 42.2 Å². The number of ether oxygens (including phenoxy) is 3. The van der Waals surface area contributed by atoms with Crippen molar-refractivity contribution in [3.8, 4) is 28.7 Å². The van der Waals surface area contributed by atoms with Crippen LogP contribution in [0.4, 0.5) is 0 Å². The van der Waals surface area contributed by atoms with Crippen LogP contribution < -0.4 is 24.8 Å². The summed E-state index contributed by atoms with van der Waals surface area (Å²) in [5.41, 5.74) is 3.81. The van der Waals surface area contributed by atoms with Crippen LogP contribution in [0.15, 0.2) is 52.1 Å². The lowest BCUT2D eigenvalue weighted by molar-refractivity contribution is 0.347. The number of hydrogen-bond acceptors (Lipinski definition) is 6. The highest BCUT2D eigenvalue weighted by atomic mass is 16.5. The van der Waals surface area contributed by atoms with E-state index in [4.69, 9.17) is 18.6 Å². The van der Waals surface area contributed by atoms with Gasteiger partial charge < -0.3 is 29.3 Å². The fourth-order valence-corrected chi connectivity index (χ4v) is 3.11. The highest BCUT2D eigenvalue weighted by Crippen LogP contribution is 2.34. The van der Waals surface area contributed by atoms with Gasteiger partial charge in [-0.05, 0) is 32.0 Å². The van der Waals surface area contributed by atoms with E-state index in [-0.39, 0.29) is 0 Å². The second-order valence-corrected chi connectivity index (χ2v) is 7.08. The molecule has 0 unspecified atom stereocenters. The van der Waals surface area contributed by atoms with Gasteiger partial charge in [-0.15, -0.1) is 0 Å². The second-order valence-electron chi connectivity index (χ2n) is 7.08. The largest absolute Gasteiger partial charge is 0.496 e. The van der Waals surface area contributed by atoms with Gasteiger partial charge in [0.1, 0.15) is 12.0 Å². The lowest BCUT2D eigenvalue weighted by atomic mass is 10.1. The molecule has 2 aromatic carbocycles. The molecule has 2 N–H and O–H groups in total. The minimum atomic E-state index is 0.395. The monoisotopic (exact) mass is 438 g/mol. The smallest absolute Gasteiger partial charge is 0.226 e. The molecule has 0 fully saturated rings. The van der Waals surface area contributed by atoms with Crippen LogP contribution in [0.2, 0.25) is 0 Å². The van der Waals surface area contributed by atoms with Gasteiger partial charge in [-0.2, -0.15) is 0 Å². The summed E-state index contributed by atoms with van der Waals surface area (Å²) in [7, 11) is 4.82. The van der Waals surface area contributed by atoms with Gasteiger partial charge in [-0.25, -0.2) is 9.98 Å². The molecule has 0 saturated carbocycles. The Balaban J connectivity index is 1.70. The summed E-state index contributed by atoms with van der Waals surface area (Å²) in [4.78, 5) is 9.24. The zero-order chi connectivity index (χ0) is 22.9. The van der Waals surface area contributed by atoms with Gasteiger partial charge in [0.15, 0.2) is 17.5 Å². The summed E-state index contributed by atoms with van der Waals surface area (Å²) in [5, 5.41) is 6.53. The number of nitrogens with one attached hydrogen (secondary N) is 2. The Labute approximate surface area is 188 Å². The Morgan fingerprint density at radius 2 is 1.66 bits per heavy atom. The van der Waals surface area contributed by atoms with E-state index in [1.807, 2.05) is 44.2 Å². The Bertz CT molecular complexity index is 1040. The number of aliphatic imine (C=N–C) groups is 1. The predicted molar refractivity (Wildman–Crippen MR) is 124 cm³/mol. The van der Waals surface area contributed by atoms with Crippen LogP contribution in [0.3, 0.4) is 0 Å². The van der Waals surface area contributed by atoms with E-state index in [1.54, 1.807) is 33.7 Å². The number of nitrogens with zero attached hydrogens (tertiary/aromatic N) is 2. The quantitative estimate of drug-likeness (QED) is 0.386. The number of aromatic nitrogens is 1. The summed E-state index contributed by atoms with van der Waals surface area (Å²) >= 11 is 0. The van der Waals surface area contributed by atoms with Gasteiger partial charge >= 0.3 is 0 Å². The van der Waals surface area contributed by atoms with E-state index in [0.717, 1.165) is 23.4 Å². The summed E-state index contributed by atoms with van der Waals surface area (Å²) in [6.45, 7) is 5.66. The molecule has 8 nitrogen and oxygen atoms in total. The summed E-state index contributed by atoms with van der Waals surface area (Å²) in [6.07, 6.45) is 1.66. The van der Waals surface area contributed by atoms with Crippen molar-refractivity contribution in [3.05, 3.63) is 59.5 Å². The molecular formula is C24H30N4O4. The Morgan fingerprint density at radius 3 is 2.31 bits per heavy atom. The predicted octanol–water partition coefficient (Wildman–Crippen LogP) is 3.93. The number of guanidine groups is 1. The van der Waals surface area contributed by atoms with Gasteiger partial charge in [0.05, 0.1) is 40.1 Å². The zero-order valence-corrected chi connectivity index (χ0v) is 19.2. The summed E-state index contributed by atoms with van der Waals surface area (Å²) in [6, 6.07) is 11.7. The van der Waals surface area contributed by atoms with Gasteiger partial charge in [-0.1, -0.05) is 17.7 Å². The van der Waals surface area contributed by atoms with Crippen LogP contribution in [0.25, 0.3) is 11.5 Å². The van der Waals surface area contributed by atoms with Crippen molar-refractivity contribution in [2.45, 2.75) is 26.9 Å². The lowest BCUT2D eigenvalue weighted by Gasteiger charge is -2.14. The standard InChI is InChI=1S/C24H30N4O4/c1-6-25-24(26-13-18-11-21(30-4)22(31-5)12-20(18)29-3)27-14-19-15-32-23(28-19)17-9-7-16(2)8-10-17/h7-12,15H,6,13-14H2,1-5H3,(H2,25,26,27). The first-order valence-corrected chi connectivity index (χ1v) is 10.4. The van der Waals surface area contributed by atoms with Gasteiger partial charge in [0.2, 0.25) is 5.89 Å². The van der Waals surface area contributed by atoms with Crippen molar-refractivity contribution in [1.29, 1.82) is 0 Å². The van der Waals surface area contributed by atoms with Crippen molar-refractivity contribution in [2.75, 3.05) is 27.9 Å². The summed E-state index contributed by atoms with van der Waals surface area (Å²) in [5.74, 6) is 3.17. The number of aryl methyl sites for hydroxylation is 1. The SMILES string of the molecule is CCNC(=NCc1cc(OC)c(OC)cc1OC)NCc1coc(-c2ccc(C)cc2)n1. The molecule has 170 valence electrons. The number of oxazole rings is 1. The molecule has 0 amide bonds. The minimum Gasteiger partial charge on any atom is -0.496 e. The Kier molecular flexibility index (Phi) is 7.96. The van der Waals surface area contributed by atoms with Crippen molar-refractivity contribution in [2.24, 2.45) is 4.99 Å². The van der Waals surface area contributed by atoms with Crippen LogP contribution >= 0.6 is 0 Å². The van der Waals surface area contributed by atoms with Crippen LogP contribution in [-0.4, -0.2) is 38.8 Å². The van der Waals surface area contributed by atoms with Crippen LogP contribution in [-0.2, 0) is 13.1 Å². The molecule has 0 aliphatic rings. The first-order chi connectivity index (χ1) is 15.6. The third kappa shape index (κ3) is 5.72. The molecule has 1 heterocycles. The van der Waals surface area contributed by atoms with E-state index < -0.39 is 0 Å². The molecule has 8 heteroatoms. The van der Waals surface area contributed by atoms with Crippen LogP contribution in [0.1, 0.15) is 23.7 Å². The highest BCUT2D eigenvalue weighted by Gasteiger charge is 2.12. The van der Waals surface area contributed by atoms with Gasteiger partial charge in [-0.3, -0.25) is 0 Å². The molecule has 0 aliphatic carbocycles. The Morgan fingerprint density at radius 1 is 0.969 bits per heavy atom. The van der Waals surface area contributed by atoms with E-state index in [1.165, 1.54) is 5.56 Å². The maximum Gasteiger partial charge on any atom is 0.226 e. The third-order valence-corrected chi connectivity index (χ3v) is 4.83. The first-order valence-electron chi connectivity index (χ1n) is 10.4. The molecule has 32 heavy (non-hydrogen) atoms. The number of methoxy groups -OCH3 is 3. The van der Waals surface area contributed by atoms with Crippen molar-refractivity contribution in [1.82, 2.24) is 15.6 Å². The topological polar surface area (TPSA) is 90.1 Å². The lowest BCUT2D eigenvalue weighted by Crippen LogP contribution is -2.36. The number of rotatable bonds is 9. The molecule has 0 aliphatic heterocycles. The van der Waals surface area contributed by atoms with E-state index in [9.17, 15) is 0 Å². The molecule has 3 rings (SSSR count). The number of benzene rings is 2. The van der Waals surface area contributed by atoms with E-state index >= 15 is 0 Å². The average Bonchev–Trinajstić information content (AvgIpc) is 3.29. The Hall–Kier alpha value is -3.68. The van der Waals surface area contributed by atoms with Gasteiger partial charge in [0.25, 0.3) is 0 Å². The van der Waals surface area contributed by atoms with Crippen LogP contribution in [0.5, 0.6) is 17.2 Å². The molecule has 0 bridgehead atoms. The van der Waals surface area contributed by atoms with Crippen molar-refractivity contribution < 1.29 is 18.6 Å². The van der Waals surface area contributed by atoms with Crippen molar-refractivity contribution in [3.63, 3.8) is 0 Å². The number of hydrogen-bond donors (Lipinski definition) is 2. The zero-order valence-electron chi connectivity index (χ0n) is 19.2. The maximum absolute atomic E-state index is 5.64. The fraction of sp³-hybridized carbons (Fsp3) is 0.333. The molecule has 0 atom stereocenters. The molecule has 0 saturated heterocycles. The average molecular weight is 439 g/mol. The second kappa shape index (κ2) is 11.1.